The Kier molecular flexibility index (Phi) is 4.74. The van der Waals surface area contributed by atoms with E-state index in [2.05, 4.69) is 10.4 Å². The van der Waals surface area contributed by atoms with Gasteiger partial charge in [-0.25, -0.2) is 15.2 Å². The van der Waals surface area contributed by atoms with E-state index < -0.39 is 5.97 Å². The van der Waals surface area contributed by atoms with Crippen LogP contribution in [0.1, 0.15) is 21.5 Å². The van der Waals surface area contributed by atoms with Gasteiger partial charge in [0.05, 0.1) is 5.70 Å². The van der Waals surface area contributed by atoms with Crippen molar-refractivity contribution < 1.29 is 14.7 Å². The molecule has 3 heterocycles. The first-order chi connectivity index (χ1) is 13.9. The normalized spacial score (nSPS) is 17.9. The third kappa shape index (κ3) is 3.55. The lowest BCUT2D eigenvalue weighted by Crippen LogP contribution is -2.29. The maximum atomic E-state index is 13.3. The third-order valence-corrected chi connectivity index (χ3v) is 4.96. The zero-order valence-electron chi connectivity index (χ0n) is 16.1. The fourth-order valence-corrected chi connectivity index (χ4v) is 3.43. The Bertz CT molecular complexity index is 1090. The van der Waals surface area contributed by atoms with E-state index in [-0.39, 0.29) is 5.91 Å². The standard InChI is InChI=1S/C22H20N4O3/c1-14-10-16(6-5-15(14)7-8-20(27)28)22(29)26-9-3-4-17-12-23-21-18(11-19(17)26)13-24-25(21)2/h3-12,24H,13H2,1-2H3,(H,27,28). The van der Waals surface area contributed by atoms with Crippen LogP contribution in [-0.2, 0) is 4.79 Å². The second-order valence-electron chi connectivity index (χ2n) is 6.91. The zero-order chi connectivity index (χ0) is 20.5. The number of nitrogens with zero attached hydrogens (tertiary/aromatic N) is 3. The van der Waals surface area contributed by atoms with Crippen LogP contribution < -0.4 is 5.43 Å². The van der Waals surface area contributed by atoms with E-state index in [0.29, 0.717) is 12.1 Å². The number of benzene rings is 1. The van der Waals surface area contributed by atoms with E-state index in [0.717, 1.165) is 39.9 Å². The molecular weight excluding hydrogens is 368 g/mol. The quantitative estimate of drug-likeness (QED) is 0.778. The number of hydrogen-bond donors (Lipinski definition) is 2. The molecule has 0 aromatic heterocycles. The Morgan fingerprint density at radius 1 is 1.31 bits per heavy atom. The number of hydrogen-bond acceptors (Lipinski definition) is 5. The predicted molar refractivity (Wildman–Crippen MR) is 111 cm³/mol. The number of carboxylic acids is 1. The average Bonchev–Trinajstić information content (AvgIpc) is 2.93. The molecule has 146 valence electrons. The molecule has 1 aromatic rings. The number of amides is 1. The molecule has 7 nitrogen and oxygen atoms in total. The molecule has 0 unspecified atom stereocenters. The van der Waals surface area contributed by atoms with Gasteiger partial charge < -0.3 is 5.11 Å². The van der Waals surface area contributed by atoms with Gasteiger partial charge in [-0.3, -0.25) is 14.7 Å². The molecule has 3 aliphatic rings. The number of carbonyl (C=O) groups is 2. The van der Waals surface area contributed by atoms with Gasteiger partial charge in [-0.1, -0.05) is 6.07 Å². The van der Waals surface area contributed by atoms with E-state index in [1.54, 1.807) is 35.5 Å². The molecule has 29 heavy (non-hydrogen) atoms. The molecule has 0 spiro atoms. The van der Waals surface area contributed by atoms with Gasteiger partial charge in [-0.05, 0) is 54.5 Å². The molecule has 0 radical (unpaired) electrons. The summed E-state index contributed by atoms with van der Waals surface area (Å²) in [6.45, 7) is 2.50. The topological polar surface area (TPSA) is 85.2 Å². The van der Waals surface area contributed by atoms with E-state index >= 15 is 0 Å². The number of carbonyl (C=O) groups excluding carboxylic acids is 1. The van der Waals surface area contributed by atoms with Gasteiger partial charge in [0.25, 0.3) is 5.91 Å². The van der Waals surface area contributed by atoms with E-state index in [9.17, 15) is 9.59 Å². The van der Waals surface area contributed by atoms with Crippen LogP contribution in [0.4, 0.5) is 0 Å². The van der Waals surface area contributed by atoms with Crippen LogP contribution in [0.3, 0.4) is 0 Å². The molecule has 0 fully saturated rings. The second kappa shape index (κ2) is 7.37. The van der Waals surface area contributed by atoms with Crippen molar-refractivity contribution in [2.24, 2.45) is 4.99 Å². The number of aryl methyl sites for hydroxylation is 1. The highest BCUT2D eigenvalue weighted by molar-refractivity contribution is 6.00. The Morgan fingerprint density at radius 3 is 2.90 bits per heavy atom. The molecule has 0 aliphatic carbocycles. The minimum atomic E-state index is -1.01. The van der Waals surface area contributed by atoms with E-state index in [1.807, 2.05) is 37.2 Å². The van der Waals surface area contributed by atoms with Gasteiger partial charge in [0.2, 0.25) is 0 Å². The Balaban J connectivity index is 1.66. The Labute approximate surface area is 168 Å². The van der Waals surface area contributed by atoms with Crippen LogP contribution in [0, 0.1) is 6.92 Å². The molecule has 0 saturated carbocycles. The van der Waals surface area contributed by atoms with Crippen molar-refractivity contribution in [2.45, 2.75) is 6.92 Å². The molecule has 1 amide bonds. The lowest BCUT2D eigenvalue weighted by Gasteiger charge is -2.25. The Hall–Kier alpha value is -3.71. The molecular formula is C22H20N4O3. The number of nitrogens with one attached hydrogen (secondary N) is 1. The van der Waals surface area contributed by atoms with Gasteiger partial charge in [0.1, 0.15) is 5.82 Å². The number of carboxylic acid groups (broad SMARTS) is 1. The molecule has 0 atom stereocenters. The van der Waals surface area contributed by atoms with Crippen LogP contribution in [-0.4, -0.2) is 46.7 Å². The summed E-state index contributed by atoms with van der Waals surface area (Å²) in [6, 6.07) is 5.24. The first-order valence-electron chi connectivity index (χ1n) is 9.14. The first kappa shape index (κ1) is 18.6. The number of aliphatic carboxylic acids is 1. The highest BCUT2D eigenvalue weighted by atomic mass is 16.4. The number of rotatable bonds is 3. The van der Waals surface area contributed by atoms with Crippen LogP contribution in [0.2, 0.25) is 0 Å². The highest BCUT2D eigenvalue weighted by Gasteiger charge is 2.27. The van der Waals surface area contributed by atoms with Gasteiger partial charge in [0, 0.05) is 48.8 Å². The van der Waals surface area contributed by atoms with Crippen LogP contribution in [0.15, 0.2) is 76.4 Å². The van der Waals surface area contributed by atoms with Crippen LogP contribution in [0.25, 0.3) is 6.08 Å². The molecule has 3 aliphatic heterocycles. The maximum absolute atomic E-state index is 13.3. The largest absolute Gasteiger partial charge is 0.478 e. The summed E-state index contributed by atoms with van der Waals surface area (Å²) in [5.41, 5.74) is 7.97. The van der Waals surface area contributed by atoms with E-state index in [4.69, 9.17) is 5.11 Å². The highest BCUT2D eigenvalue weighted by Crippen LogP contribution is 2.29. The number of allylic oxidation sites excluding steroid dienone is 3. The Morgan fingerprint density at radius 2 is 2.14 bits per heavy atom. The summed E-state index contributed by atoms with van der Waals surface area (Å²) in [4.78, 5) is 30.2. The van der Waals surface area contributed by atoms with Crippen molar-refractivity contribution in [3.8, 4) is 0 Å². The SMILES string of the molecule is Cc1cc(C(=O)N2C=CC=C3C=NC4=C(C=C32)CNN4C)ccc1C=CC(=O)O. The number of hydrazine groups is 1. The van der Waals surface area contributed by atoms with Crippen molar-refractivity contribution in [1.82, 2.24) is 15.3 Å². The van der Waals surface area contributed by atoms with Crippen molar-refractivity contribution in [3.05, 3.63) is 88.1 Å². The fraction of sp³-hybridized carbons (Fsp3) is 0.136. The predicted octanol–water partition coefficient (Wildman–Crippen LogP) is 2.62. The van der Waals surface area contributed by atoms with Crippen molar-refractivity contribution in [1.29, 1.82) is 0 Å². The van der Waals surface area contributed by atoms with Gasteiger partial charge in [-0.15, -0.1) is 0 Å². The summed E-state index contributed by atoms with van der Waals surface area (Å²) in [5.74, 6) is -0.331. The van der Waals surface area contributed by atoms with Crippen LogP contribution >= 0.6 is 0 Å². The molecule has 2 N–H and O–H groups in total. The summed E-state index contributed by atoms with van der Waals surface area (Å²) >= 11 is 0. The zero-order valence-corrected chi connectivity index (χ0v) is 16.1. The maximum Gasteiger partial charge on any atom is 0.328 e. The molecule has 0 saturated heterocycles. The molecule has 4 rings (SSSR count). The monoisotopic (exact) mass is 388 g/mol. The van der Waals surface area contributed by atoms with Gasteiger partial charge in [0.15, 0.2) is 0 Å². The van der Waals surface area contributed by atoms with Crippen molar-refractivity contribution in [3.63, 3.8) is 0 Å². The molecule has 1 aromatic carbocycles. The van der Waals surface area contributed by atoms with Gasteiger partial charge in [-0.2, -0.15) is 0 Å². The molecule has 0 bridgehead atoms. The summed E-state index contributed by atoms with van der Waals surface area (Å²) in [5, 5.41) is 10.7. The molecule has 7 heteroatoms. The lowest BCUT2D eigenvalue weighted by atomic mass is 10.0. The fourth-order valence-electron chi connectivity index (χ4n) is 3.43. The summed E-state index contributed by atoms with van der Waals surface area (Å²) in [7, 11) is 1.91. The van der Waals surface area contributed by atoms with E-state index in [1.165, 1.54) is 6.08 Å². The number of aliphatic imine (C=N–C) groups is 1. The average molecular weight is 388 g/mol. The van der Waals surface area contributed by atoms with Crippen LogP contribution in [0.5, 0.6) is 0 Å². The second-order valence-corrected chi connectivity index (χ2v) is 6.91. The number of fused-ring (bicyclic) bond motifs is 1. The van der Waals surface area contributed by atoms with Crippen molar-refractivity contribution >= 4 is 24.2 Å². The minimum Gasteiger partial charge on any atom is -0.478 e. The lowest BCUT2D eigenvalue weighted by molar-refractivity contribution is -0.131. The first-order valence-corrected chi connectivity index (χ1v) is 9.14. The smallest absolute Gasteiger partial charge is 0.328 e. The van der Waals surface area contributed by atoms with Gasteiger partial charge >= 0.3 is 5.97 Å². The van der Waals surface area contributed by atoms with Crippen molar-refractivity contribution in [2.75, 3.05) is 13.6 Å². The summed E-state index contributed by atoms with van der Waals surface area (Å²) in [6.07, 6.45) is 11.9. The summed E-state index contributed by atoms with van der Waals surface area (Å²) < 4.78 is 0. The minimum absolute atomic E-state index is 0.160. The third-order valence-electron chi connectivity index (χ3n) is 4.96.